The van der Waals surface area contributed by atoms with Crippen LogP contribution in [0.5, 0.6) is 0 Å². The topological polar surface area (TPSA) is 55.4 Å². The number of hydrogen-bond acceptors (Lipinski definition) is 3. The number of ether oxygens (including phenoxy) is 1. The van der Waals surface area contributed by atoms with Gasteiger partial charge in [0, 0.05) is 5.69 Å². The number of rotatable bonds is 4. The molecule has 0 aliphatic carbocycles. The van der Waals surface area contributed by atoms with E-state index in [9.17, 15) is 9.59 Å². The predicted molar refractivity (Wildman–Crippen MR) is 91.3 cm³/mol. The molecule has 23 heavy (non-hydrogen) atoms. The summed E-state index contributed by atoms with van der Waals surface area (Å²) in [6.45, 7) is 1.84. The number of hydrogen-bond donors (Lipinski definition) is 1. The van der Waals surface area contributed by atoms with Crippen molar-refractivity contribution in [2.45, 2.75) is 13.3 Å². The van der Waals surface area contributed by atoms with E-state index < -0.39 is 5.97 Å². The highest BCUT2D eigenvalue weighted by Crippen LogP contribution is 2.23. The highest BCUT2D eigenvalue weighted by molar-refractivity contribution is 6.42. The molecule has 0 atom stereocenters. The number of anilines is 1. The summed E-state index contributed by atoms with van der Waals surface area (Å²) >= 11 is 11.8. The Morgan fingerprint density at radius 2 is 1.83 bits per heavy atom. The summed E-state index contributed by atoms with van der Waals surface area (Å²) in [6.07, 6.45) is 0.152. The number of amides is 1. The summed E-state index contributed by atoms with van der Waals surface area (Å²) in [7, 11) is 1.31. The molecule has 0 unspecified atom stereocenters. The minimum absolute atomic E-state index is 0.152. The SMILES string of the molecule is COC(=O)c1ccc(C)c(NC(=O)Cc2ccc(Cl)c(Cl)c2)c1. The fourth-order valence-corrected chi connectivity index (χ4v) is 2.35. The molecule has 0 radical (unpaired) electrons. The molecule has 1 N–H and O–H groups in total. The van der Waals surface area contributed by atoms with E-state index in [1.165, 1.54) is 7.11 Å². The number of esters is 1. The molecule has 0 saturated carbocycles. The highest BCUT2D eigenvalue weighted by Gasteiger charge is 2.11. The maximum atomic E-state index is 12.2. The zero-order valence-electron chi connectivity index (χ0n) is 12.7. The molecule has 0 bridgehead atoms. The second kappa shape index (κ2) is 7.49. The number of nitrogens with one attached hydrogen (secondary N) is 1. The summed E-state index contributed by atoms with van der Waals surface area (Å²) in [5.41, 5.74) is 2.54. The number of carbonyl (C=O) groups excluding carboxylic acids is 2. The number of halogens is 2. The first kappa shape index (κ1) is 17.3. The van der Waals surface area contributed by atoms with Gasteiger partial charge in [-0.05, 0) is 42.3 Å². The van der Waals surface area contributed by atoms with Crippen molar-refractivity contribution < 1.29 is 14.3 Å². The van der Waals surface area contributed by atoms with Crippen molar-refractivity contribution in [2.24, 2.45) is 0 Å². The van der Waals surface area contributed by atoms with E-state index in [2.05, 4.69) is 10.1 Å². The molecule has 0 saturated heterocycles. The lowest BCUT2D eigenvalue weighted by atomic mass is 10.1. The first-order chi connectivity index (χ1) is 10.9. The maximum Gasteiger partial charge on any atom is 0.337 e. The molecular formula is C17H15Cl2NO3. The lowest BCUT2D eigenvalue weighted by Crippen LogP contribution is -2.16. The van der Waals surface area contributed by atoms with Gasteiger partial charge in [0.25, 0.3) is 0 Å². The van der Waals surface area contributed by atoms with Crippen LogP contribution in [0.1, 0.15) is 21.5 Å². The fraction of sp³-hybridized carbons (Fsp3) is 0.176. The second-order valence-electron chi connectivity index (χ2n) is 4.99. The first-order valence-corrected chi connectivity index (χ1v) is 7.59. The van der Waals surface area contributed by atoms with E-state index in [0.717, 1.165) is 11.1 Å². The zero-order chi connectivity index (χ0) is 17.0. The Labute approximate surface area is 144 Å². The van der Waals surface area contributed by atoms with Crippen molar-refractivity contribution in [3.05, 3.63) is 63.1 Å². The third kappa shape index (κ3) is 4.47. The molecule has 6 heteroatoms. The number of carbonyl (C=O) groups is 2. The van der Waals surface area contributed by atoms with E-state index in [-0.39, 0.29) is 12.3 Å². The van der Waals surface area contributed by atoms with E-state index in [1.54, 1.807) is 36.4 Å². The summed E-state index contributed by atoms with van der Waals surface area (Å²) in [5.74, 6) is -0.668. The average molecular weight is 352 g/mol. The van der Waals surface area contributed by atoms with E-state index in [1.807, 2.05) is 6.92 Å². The smallest absolute Gasteiger partial charge is 0.337 e. The highest BCUT2D eigenvalue weighted by atomic mass is 35.5. The van der Waals surface area contributed by atoms with Crippen LogP contribution in [-0.2, 0) is 16.0 Å². The van der Waals surface area contributed by atoms with Crippen molar-refractivity contribution in [3.63, 3.8) is 0 Å². The quantitative estimate of drug-likeness (QED) is 0.836. The third-order valence-corrected chi connectivity index (χ3v) is 4.02. The van der Waals surface area contributed by atoms with Crippen LogP contribution in [0.2, 0.25) is 10.0 Å². The lowest BCUT2D eigenvalue weighted by Gasteiger charge is -2.10. The Morgan fingerprint density at radius 1 is 1.09 bits per heavy atom. The van der Waals surface area contributed by atoms with Gasteiger partial charge in [0.15, 0.2) is 0 Å². The predicted octanol–water partition coefficient (Wildman–Crippen LogP) is 4.27. The molecule has 0 aliphatic heterocycles. The summed E-state index contributed by atoms with van der Waals surface area (Å²) in [4.78, 5) is 23.7. The summed E-state index contributed by atoms with van der Waals surface area (Å²) < 4.78 is 4.68. The normalized spacial score (nSPS) is 10.3. The minimum Gasteiger partial charge on any atom is -0.465 e. The minimum atomic E-state index is -0.454. The maximum absolute atomic E-state index is 12.2. The Hall–Kier alpha value is -2.04. The van der Waals surface area contributed by atoms with Crippen LogP contribution in [0.25, 0.3) is 0 Å². The zero-order valence-corrected chi connectivity index (χ0v) is 14.2. The van der Waals surface area contributed by atoms with Crippen LogP contribution < -0.4 is 5.32 Å². The average Bonchev–Trinajstić information content (AvgIpc) is 2.52. The number of aryl methyl sites for hydroxylation is 1. The van der Waals surface area contributed by atoms with Crippen molar-refractivity contribution >= 4 is 40.8 Å². The van der Waals surface area contributed by atoms with Crippen LogP contribution in [0.3, 0.4) is 0 Å². The Kier molecular flexibility index (Phi) is 5.64. The molecule has 4 nitrogen and oxygen atoms in total. The Bertz CT molecular complexity index is 759. The van der Waals surface area contributed by atoms with Crippen LogP contribution in [0.4, 0.5) is 5.69 Å². The van der Waals surface area contributed by atoms with Gasteiger partial charge in [0.1, 0.15) is 0 Å². The fourth-order valence-electron chi connectivity index (χ4n) is 2.03. The molecule has 0 aromatic heterocycles. The van der Waals surface area contributed by atoms with Crippen LogP contribution in [0.15, 0.2) is 36.4 Å². The molecule has 0 heterocycles. The van der Waals surface area contributed by atoms with Gasteiger partial charge in [-0.25, -0.2) is 4.79 Å². The monoisotopic (exact) mass is 351 g/mol. The molecule has 0 fully saturated rings. The summed E-state index contributed by atoms with van der Waals surface area (Å²) in [6, 6.07) is 10.0. The molecule has 120 valence electrons. The van der Waals surface area contributed by atoms with E-state index in [4.69, 9.17) is 23.2 Å². The standard InChI is InChI=1S/C17H15Cl2NO3/c1-10-3-5-12(17(22)23-2)9-15(10)20-16(21)8-11-4-6-13(18)14(19)7-11/h3-7,9H,8H2,1-2H3,(H,20,21). The van der Waals surface area contributed by atoms with Gasteiger partial charge in [-0.1, -0.05) is 35.3 Å². The van der Waals surface area contributed by atoms with Crippen LogP contribution >= 0.6 is 23.2 Å². The summed E-state index contributed by atoms with van der Waals surface area (Å²) in [5, 5.41) is 3.63. The molecular weight excluding hydrogens is 337 g/mol. The van der Waals surface area contributed by atoms with Gasteiger partial charge in [-0.3, -0.25) is 4.79 Å². The van der Waals surface area contributed by atoms with Crippen molar-refractivity contribution in [1.29, 1.82) is 0 Å². The second-order valence-corrected chi connectivity index (χ2v) is 5.81. The van der Waals surface area contributed by atoms with Gasteiger partial charge >= 0.3 is 5.97 Å². The molecule has 0 spiro atoms. The Morgan fingerprint density at radius 3 is 2.48 bits per heavy atom. The van der Waals surface area contributed by atoms with Gasteiger partial charge < -0.3 is 10.1 Å². The van der Waals surface area contributed by atoms with Crippen molar-refractivity contribution in [3.8, 4) is 0 Å². The third-order valence-electron chi connectivity index (χ3n) is 3.28. The number of benzene rings is 2. The van der Waals surface area contributed by atoms with Crippen molar-refractivity contribution in [2.75, 3.05) is 12.4 Å². The van der Waals surface area contributed by atoms with Gasteiger partial charge in [-0.15, -0.1) is 0 Å². The van der Waals surface area contributed by atoms with Crippen LogP contribution in [-0.4, -0.2) is 19.0 Å². The van der Waals surface area contributed by atoms with Gasteiger partial charge in [0.05, 0.1) is 29.1 Å². The number of methoxy groups -OCH3 is 1. The van der Waals surface area contributed by atoms with Crippen molar-refractivity contribution in [1.82, 2.24) is 0 Å². The molecule has 0 aliphatic rings. The van der Waals surface area contributed by atoms with Crippen LogP contribution in [0, 0.1) is 6.92 Å². The molecule has 2 aromatic carbocycles. The van der Waals surface area contributed by atoms with E-state index in [0.29, 0.717) is 21.3 Å². The first-order valence-electron chi connectivity index (χ1n) is 6.83. The largest absolute Gasteiger partial charge is 0.465 e. The lowest BCUT2D eigenvalue weighted by molar-refractivity contribution is -0.115. The van der Waals surface area contributed by atoms with E-state index >= 15 is 0 Å². The van der Waals surface area contributed by atoms with Gasteiger partial charge in [-0.2, -0.15) is 0 Å². The Balaban J connectivity index is 2.13. The molecule has 1 amide bonds. The molecule has 2 rings (SSSR count). The molecule has 2 aromatic rings. The van der Waals surface area contributed by atoms with Gasteiger partial charge in [0.2, 0.25) is 5.91 Å².